The molecule has 1 rings (SSSR count). The Balaban J connectivity index is 2.79. The summed E-state index contributed by atoms with van der Waals surface area (Å²) in [6, 6.07) is 6.33. The average molecular weight is 219 g/mol. The van der Waals surface area contributed by atoms with E-state index in [0.717, 1.165) is 5.69 Å². The summed E-state index contributed by atoms with van der Waals surface area (Å²) in [6.07, 6.45) is 0. The molecule has 2 N–H and O–H groups in total. The van der Waals surface area contributed by atoms with Gasteiger partial charge in [-0.15, -0.1) is 0 Å². The molecule has 5 nitrogen and oxygen atoms in total. The second kappa shape index (κ2) is 5.65. The number of aliphatic imine (C=N–C) groups is 2. The van der Waals surface area contributed by atoms with Crippen molar-refractivity contribution in [2.24, 2.45) is 9.98 Å². The highest BCUT2D eigenvalue weighted by atomic mass is 16.4. The Kier molecular flexibility index (Phi) is 4.20. The molecule has 0 aliphatic heterocycles. The normalized spacial score (nSPS) is 10.9. The first-order valence-electron chi connectivity index (χ1n) is 4.79. The zero-order valence-corrected chi connectivity index (χ0v) is 8.97. The lowest BCUT2D eigenvalue weighted by molar-refractivity contribution is 0.0697. The van der Waals surface area contributed by atoms with Crippen molar-refractivity contribution in [1.82, 2.24) is 0 Å². The Bertz CT molecular complexity index is 410. The van der Waals surface area contributed by atoms with E-state index in [1.54, 1.807) is 12.1 Å². The molecule has 16 heavy (non-hydrogen) atoms. The fraction of sp³-hybridized carbons (Fsp3) is 0.182. The third-order valence-electron chi connectivity index (χ3n) is 1.85. The lowest BCUT2D eigenvalue weighted by Crippen LogP contribution is -2.09. The minimum absolute atomic E-state index is 0.242. The number of aromatic carboxylic acids is 1. The topological polar surface area (TPSA) is 74.0 Å². The summed E-state index contributed by atoms with van der Waals surface area (Å²) in [6.45, 7) is 5.88. The van der Waals surface area contributed by atoms with Gasteiger partial charge in [0.1, 0.15) is 0 Å². The Labute approximate surface area is 93.6 Å². The number of nitrogens with one attached hydrogen (secondary N) is 1. The second-order valence-electron chi connectivity index (χ2n) is 2.96. The highest BCUT2D eigenvalue weighted by Crippen LogP contribution is 2.09. The van der Waals surface area contributed by atoms with Crippen LogP contribution in [0.2, 0.25) is 0 Å². The van der Waals surface area contributed by atoms with Crippen molar-refractivity contribution >= 4 is 24.3 Å². The van der Waals surface area contributed by atoms with Crippen molar-refractivity contribution < 1.29 is 9.90 Å². The van der Waals surface area contributed by atoms with Crippen LogP contribution < -0.4 is 5.32 Å². The molecule has 0 atom stereocenters. The fourth-order valence-corrected chi connectivity index (χ4v) is 1.10. The highest BCUT2D eigenvalue weighted by Gasteiger charge is 2.02. The van der Waals surface area contributed by atoms with E-state index in [2.05, 4.69) is 22.0 Å². The second-order valence-corrected chi connectivity index (χ2v) is 2.96. The number of hydrogen-bond acceptors (Lipinski definition) is 2. The van der Waals surface area contributed by atoms with E-state index >= 15 is 0 Å². The zero-order chi connectivity index (χ0) is 12.0. The van der Waals surface area contributed by atoms with E-state index in [0.29, 0.717) is 12.5 Å². The summed E-state index contributed by atoms with van der Waals surface area (Å²) >= 11 is 0. The first kappa shape index (κ1) is 11.9. The van der Waals surface area contributed by atoms with E-state index in [1.165, 1.54) is 12.1 Å². The summed E-state index contributed by atoms with van der Waals surface area (Å²) in [5.41, 5.74) is 0.968. The summed E-state index contributed by atoms with van der Waals surface area (Å²) in [7, 11) is 0. The van der Waals surface area contributed by atoms with Gasteiger partial charge in [0, 0.05) is 12.2 Å². The number of hydrogen-bond donors (Lipinski definition) is 2. The SMILES string of the molecule is C=N/C(=N\CC)Nc1ccc(C(=O)O)cc1. The van der Waals surface area contributed by atoms with Crippen molar-refractivity contribution in [2.45, 2.75) is 6.92 Å². The number of nitrogens with zero attached hydrogens (tertiary/aromatic N) is 2. The lowest BCUT2D eigenvalue weighted by Gasteiger charge is -2.05. The number of carboxylic acid groups (broad SMARTS) is 1. The smallest absolute Gasteiger partial charge is 0.335 e. The third kappa shape index (κ3) is 3.20. The minimum atomic E-state index is -0.948. The molecule has 5 heteroatoms. The summed E-state index contributed by atoms with van der Waals surface area (Å²) in [4.78, 5) is 18.4. The predicted octanol–water partition coefficient (Wildman–Crippen LogP) is 1.87. The molecule has 0 amide bonds. The molecular weight excluding hydrogens is 206 g/mol. The molecule has 0 aliphatic rings. The number of benzene rings is 1. The van der Waals surface area contributed by atoms with Gasteiger partial charge in [-0.05, 0) is 37.9 Å². The molecule has 0 saturated carbocycles. The van der Waals surface area contributed by atoms with E-state index in [-0.39, 0.29) is 5.56 Å². The molecule has 0 spiro atoms. The standard InChI is InChI=1S/C11H13N3O2/c1-3-13-11(12-2)14-9-6-4-8(5-7-9)10(15)16/h4-7H,2-3H2,1H3,(H,13,14)(H,15,16). The number of carboxylic acids is 1. The van der Waals surface area contributed by atoms with Crippen LogP contribution in [0.3, 0.4) is 0 Å². The lowest BCUT2D eigenvalue weighted by atomic mass is 10.2. The summed E-state index contributed by atoms with van der Waals surface area (Å²) < 4.78 is 0. The van der Waals surface area contributed by atoms with Crippen molar-refractivity contribution in [1.29, 1.82) is 0 Å². The van der Waals surface area contributed by atoms with Crippen molar-refractivity contribution in [3.8, 4) is 0 Å². The fourth-order valence-electron chi connectivity index (χ4n) is 1.10. The molecule has 0 saturated heterocycles. The largest absolute Gasteiger partial charge is 0.478 e. The average Bonchev–Trinajstić information content (AvgIpc) is 2.29. The quantitative estimate of drug-likeness (QED) is 0.602. The Hall–Kier alpha value is -2.17. The van der Waals surface area contributed by atoms with Gasteiger partial charge in [-0.3, -0.25) is 4.99 Å². The van der Waals surface area contributed by atoms with Gasteiger partial charge in [0.15, 0.2) is 0 Å². The van der Waals surface area contributed by atoms with Crippen LogP contribution in [0.15, 0.2) is 34.3 Å². The predicted molar refractivity (Wildman–Crippen MR) is 64.5 cm³/mol. The molecule has 1 aromatic rings. The van der Waals surface area contributed by atoms with Gasteiger partial charge in [0.2, 0.25) is 5.96 Å². The molecule has 0 unspecified atom stereocenters. The van der Waals surface area contributed by atoms with Gasteiger partial charge in [-0.25, -0.2) is 9.79 Å². The Morgan fingerprint density at radius 2 is 2.06 bits per heavy atom. The van der Waals surface area contributed by atoms with Crippen LogP contribution in [0, 0.1) is 0 Å². The van der Waals surface area contributed by atoms with Crippen LogP contribution in [0.5, 0.6) is 0 Å². The molecule has 0 aliphatic carbocycles. The third-order valence-corrected chi connectivity index (χ3v) is 1.85. The molecular formula is C11H13N3O2. The zero-order valence-electron chi connectivity index (χ0n) is 8.97. The number of guanidine groups is 1. The van der Waals surface area contributed by atoms with Crippen molar-refractivity contribution in [2.75, 3.05) is 11.9 Å². The van der Waals surface area contributed by atoms with Gasteiger partial charge >= 0.3 is 5.97 Å². The van der Waals surface area contributed by atoms with E-state index in [1.807, 2.05) is 6.92 Å². The summed E-state index contributed by atoms with van der Waals surface area (Å²) in [5, 5.41) is 11.6. The molecule has 0 bridgehead atoms. The van der Waals surface area contributed by atoms with Crippen LogP contribution >= 0.6 is 0 Å². The van der Waals surface area contributed by atoms with Gasteiger partial charge in [0.05, 0.1) is 5.56 Å². The highest BCUT2D eigenvalue weighted by molar-refractivity contribution is 5.97. The van der Waals surface area contributed by atoms with Crippen LogP contribution in [-0.4, -0.2) is 30.3 Å². The van der Waals surface area contributed by atoms with E-state index in [4.69, 9.17) is 5.11 Å². The summed E-state index contributed by atoms with van der Waals surface area (Å²) in [5.74, 6) is -0.526. The van der Waals surface area contributed by atoms with Crippen molar-refractivity contribution in [3.05, 3.63) is 29.8 Å². The maximum absolute atomic E-state index is 10.6. The van der Waals surface area contributed by atoms with Crippen molar-refractivity contribution in [3.63, 3.8) is 0 Å². The van der Waals surface area contributed by atoms with Gasteiger partial charge < -0.3 is 10.4 Å². The Morgan fingerprint density at radius 1 is 1.44 bits per heavy atom. The van der Waals surface area contributed by atoms with Crippen LogP contribution in [0.1, 0.15) is 17.3 Å². The molecule has 0 fully saturated rings. The van der Waals surface area contributed by atoms with E-state index in [9.17, 15) is 4.79 Å². The molecule has 1 aromatic carbocycles. The number of rotatable bonds is 3. The van der Waals surface area contributed by atoms with Crippen LogP contribution in [0.25, 0.3) is 0 Å². The molecule has 0 heterocycles. The monoisotopic (exact) mass is 219 g/mol. The number of anilines is 1. The van der Waals surface area contributed by atoms with Gasteiger partial charge in [-0.2, -0.15) is 0 Å². The van der Waals surface area contributed by atoms with Crippen LogP contribution in [-0.2, 0) is 0 Å². The number of carbonyl (C=O) groups is 1. The molecule has 0 radical (unpaired) electrons. The first-order valence-corrected chi connectivity index (χ1v) is 4.79. The maximum atomic E-state index is 10.6. The van der Waals surface area contributed by atoms with Crippen LogP contribution in [0.4, 0.5) is 5.69 Å². The van der Waals surface area contributed by atoms with Gasteiger partial charge in [0.25, 0.3) is 0 Å². The molecule has 0 aromatic heterocycles. The Morgan fingerprint density at radius 3 is 2.50 bits per heavy atom. The maximum Gasteiger partial charge on any atom is 0.335 e. The minimum Gasteiger partial charge on any atom is -0.478 e. The van der Waals surface area contributed by atoms with E-state index < -0.39 is 5.97 Å². The molecule has 84 valence electrons. The first-order chi connectivity index (χ1) is 7.67. The van der Waals surface area contributed by atoms with Gasteiger partial charge in [-0.1, -0.05) is 0 Å².